The number of nitrogens with zero attached hydrogens (tertiary/aromatic N) is 1. The predicted octanol–water partition coefficient (Wildman–Crippen LogP) is 1.40. The van der Waals surface area contributed by atoms with Crippen LogP contribution < -0.4 is 0 Å². The van der Waals surface area contributed by atoms with Crippen LogP contribution in [0, 0.1) is 5.92 Å². The monoisotopic (exact) mass is 171 g/mol. The molecule has 1 heterocycles. The molecular formula is C8H13NOS. The molecule has 0 aromatic carbocycles. The summed E-state index contributed by atoms with van der Waals surface area (Å²) in [5.41, 5.74) is 0. The zero-order valence-corrected chi connectivity index (χ0v) is 7.56. The highest BCUT2D eigenvalue weighted by Gasteiger charge is 2.35. The Morgan fingerprint density at radius 1 is 1.55 bits per heavy atom. The van der Waals surface area contributed by atoms with Gasteiger partial charge in [0.25, 0.3) is 5.17 Å². The second-order valence-corrected chi connectivity index (χ2v) is 3.84. The number of hydrogen-bond donors (Lipinski definition) is 0. The van der Waals surface area contributed by atoms with Gasteiger partial charge in [-0.25, -0.2) is 0 Å². The van der Waals surface area contributed by atoms with Crippen molar-refractivity contribution in [2.75, 3.05) is 13.6 Å². The van der Waals surface area contributed by atoms with Crippen LogP contribution in [0.15, 0.2) is 0 Å². The van der Waals surface area contributed by atoms with Gasteiger partial charge in [0, 0.05) is 19.5 Å². The highest BCUT2D eigenvalue weighted by Crippen LogP contribution is 2.32. The SMILES string of the molecule is CN1C[C@@H]2CCC[C@@H]2OC1=S. The Bertz CT molecular complexity index is 183. The highest BCUT2D eigenvalue weighted by molar-refractivity contribution is 7.80. The van der Waals surface area contributed by atoms with Gasteiger partial charge in [0.15, 0.2) is 0 Å². The van der Waals surface area contributed by atoms with Gasteiger partial charge in [-0.1, -0.05) is 0 Å². The molecule has 2 aliphatic rings. The van der Waals surface area contributed by atoms with Crippen LogP contribution in [-0.2, 0) is 4.74 Å². The molecule has 2 atom stereocenters. The average Bonchev–Trinajstić information content (AvgIpc) is 2.36. The van der Waals surface area contributed by atoms with Crippen molar-refractivity contribution in [2.24, 2.45) is 5.92 Å². The Labute approximate surface area is 72.5 Å². The van der Waals surface area contributed by atoms with Gasteiger partial charge < -0.3 is 9.64 Å². The van der Waals surface area contributed by atoms with Crippen LogP contribution in [0.4, 0.5) is 0 Å². The van der Waals surface area contributed by atoms with Crippen molar-refractivity contribution in [1.82, 2.24) is 4.90 Å². The summed E-state index contributed by atoms with van der Waals surface area (Å²) in [5.74, 6) is 0.742. The third-order valence-corrected chi connectivity index (χ3v) is 3.07. The molecule has 1 saturated heterocycles. The summed E-state index contributed by atoms with van der Waals surface area (Å²) >= 11 is 5.06. The maximum absolute atomic E-state index is 5.58. The minimum absolute atomic E-state index is 0.443. The normalized spacial score (nSPS) is 36.8. The van der Waals surface area contributed by atoms with Crippen LogP contribution in [0.5, 0.6) is 0 Å². The molecule has 0 N–H and O–H groups in total. The first-order chi connectivity index (χ1) is 5.27. The second kappa shape index (κ2) is 2.63. The van der Waals surface area contributed by atoms with E-state index >= 15 is 0 Å². The lowest BCUT2D eigenvalue weighted by atomic mass is 10.0. The van der Waals surface area contributed by atoms with Crippen molar-refractivity contribution >= 4 is 17.4 Å². The first-order valence-corrected chi connectivity index (χ1v) is 4.60. The van der Waals surface area contributed by atoms with Crippen LogP contribution >= 0.6 is 12.2 Å². The van der Waals surface area contributed by atoms with Gasteiger partial charge in [-0.3, -0.25) is 0 Å². The molecule has 3 heteroatoms. The van der Waals surface area contributed by atoms with E-state index in [2.05, 4.69) is 0 Å². The molecule has 0 unspecified atom stereocenters. The highest BCUT2D eigenvalue weighted by atomic mass is 32.1. The van der Waals surface area contributed by atoms with Gasteiger partial charge in [0.05, 0.1) is 0 Å². The van der Waals surface area contributed by atoms with Crippen molar-refractivity contribution < 1.29 is 4.74 Å². The summed E-state index contributed by atoms with van der Waals surface area (Å²) in [4.78, 5) is 2.04. The molecule has 0 aromatic rings. The maximum Gasteiger partial charge on any atom is 0.259 e. The van der Waals surface area contributed by atoms with Crippen LogP contribution in [0.3, 0.4) is 0 Å². The van der Waals surface area contributed by atoms with Gasteiger partial charge in [-0.2, -0.15) is 0 Å². The molecule has 0 bridgehead atoms. The Hall–Kier alpha value is -0.310. The minimum Gasteiger partial charge on any atom is -0.467 e. The quantitative estimate of drug-likeness (QED) is 0.511. The van der Waals surface area contributed by atoms with E-state index in [0.717, 1.165) is 12.5 Å². The molecule has 0 radical (unpaired) electrons. The molecule has 1 aliphatic carbocycles. The largest absolute Gasteiger partial charge is 0.467 e. The zero-order chi connectivity index (χ0) is 7.84. The van der Waals surface area contributed by atoms with Crippen molar-refractivity contribution in [1.29, 1.82) is 0 Å². The van der Waals surface area contributed by atoms with Gasteiger partial charge >= 0.3 is 0 Å². The van der Waals surface area contributed by atoms with E-state index in [1.54, 1.807) is 0 Å². The van der Waals surface area contributed by atoms with Crippen molar-refractivity contribution in [3.05, 3.63) is 0 Å². The average molecular weight is 171 g/mol. The maximum atomic E-state index is 5.58. The van der Waals surface area contributed by atoms with Crippen molar-refractivity contribution in [2.45, 2.75) is 25.4 Å². The number of ether oxygens (including phenoxy) is 1. The third-order valence-electron chi connectivity index (χ3n) is 2.66. The second-order valence-electron chi connectivity index (χ2n) is 3.49. The summed E-state index contributed by atoms with van der Waals surface area (Å²) < 4.78 is 5.58. The van der Waals surface area contributed by atoms with E-state index in [-0.39, 0.29) is 0 Å². The molecule has 2 nitrogen and oxygen atoms in total. The zero-order valence-electron chi connectivity index (χ0n) is 6.75. The number of fused-ring (bicyclic) bond motifs is 1. The van der Waals surface area contributed by atoms with Crippen molar-refractivity contribution in [3.63, 3.8) is 0 Å². The third kappa shape index (κ3) is 1.22. The topological polar surface area (TPSA) is 12.5 Å². The van der Waals surface area contributed by atoms with Crippen LogP contribution in [0.1, 0.15) is 19.3 Å². The van der Waals surface area contributed by atoms with Gasteiger partial charge in [0.2, 0.25) is 0 Å². The van der Waals surface area contributed by atoms with Crippen LogP contribution in [0.2, 0.25) is 0 Å². The molecule has 0 amide bonds. The summed E-state index contributed by atoms with van der Waals surface area (Å²) in [6, 6.07) is 0. The molecule has 62 valence electrons. The predicted molar refractivity (Wildman–Crippen MR) is 47.4 cm³/mol. The Morgan fingerprint density at radius 3 is 3.18 bits per heavy atom. The fourth-order valence-electron chi connectivity index (χ4n) is 2.01. The van der Waals surface area contributed by atoms with E-state index in [0.29, 0.717) is 11.3 Å². The van der Waals surface area contributed by atoms with E-state index in [4.69, 9.17) is 17.0 Å². The van der Waals surface area contributed by atoms with Gasteiger partial charge in [0.1, 0.15) is 6.10 Å². The molecule has 2 fully saturated rings. The van der Waals surface area contributed by atoms with Gasteiger partial charge in [-0.15, -0.1) is 0 Å². The summed E-state index contributed by atoms with van der Waals surface area (Å²) in [6.07, 6.45) is 4.28. The summed E-state index contributed by atoms with van der Waals surface area (Å²) in [6.45, 7) is 1.10. The Morgan fingerprint density at radius 2 is 2.36 bits per heavy atom. The van der Waals surface area contributed by atoms with E-state index in [9.17, 15) is 0 Å². The minimum atomic E-state index is 0.443. The lowest BCUT2D eigenvalue weighted by Gasteiger charge is -2.34. The van der Waals surface area contributed by atoms with Crippen molar-refractivity contribution in [3.8, 4) is 0 Å². The molecule has 0 aromatic heterocycles. The standard InChI is InChI=1S/C8H13NOS/c1-9-5-6-3-2-4-7(6)10-8(9)11/h6-7H,2-5H2,1H3/t6-,7-/m0/s1. The van der Waals surface area contributed by atoms with E-state index < -0.39 is 0 Å². The van der Waals surface area contributed by atoms with Crippen LogP contribution in [-0.4, -0.2) is 29.8 Å². The number of hydrogen-bond acceptors (Lipinski definition) is 2. The lowest BCUT2D eigenvalue weighted by molar-refractivity contribution is 0.0758. The molecule has 11 heavy (non-hydrogen) atoms. The fourth-order valence-corrected chi connectivity index (χ4v) is 2.21. The van der Waals surface area contributed by atoms with E-state index in [1.807, 2.05) is 11.9 Å². The van der Waals surface area contributed by atoms with Gasteiger partial charge in [-0.05, 0) is 31.5 Å². The molecule has 0 spiro atoms. The fraction of sp³-hybridized carbons (Fsp3) is 0.875. The molecule has 2 rings (SSSR count). The number of thiocarbonyl (C=S) groups is 1. The molecular weight excluding hydrogens is 158 g/mol. The van der Waals surface area contributed by atoms with Crippen LogP contribution in [0.25, 0.3) is 0 Å². The summed E-state index contributed by atoms with van der Waals surface area (Å²) in [5, 5.41) is 0.688. The molecule has 1 aliphatic heterocycles. The molecule has 1 saturated carbocycles. The van der Waals surface area contributed by atoms with E-state index in [1.165, 1.54) is 19.3 Å². The first kappa shape index (κ1) is 7.35. The lowest BCUT2D eigenvalue weighted by Crippen LogP contribution is -2.43. The first-order valence-electron chi connectivity index (χ1n) is 4.19. The Balaban J connectivity index is 2.06. The number of rotatable bonds is 0. The smallest absolute Gasteiger partial charge is 0.259 e. The Kier molecular flexibility index (Phi) is 1.75. The summed E-state index contributed by atoms with van der Waals surface area (Å²) in [7, 11) is 2.01.